The molecule has 1 aliphatic heterocycles. The highest BCUT2D eigenvalue weighted by Gasteiger charge is 2.30. The molecule has 104 valence electrons. The Hall–Kier alpha value is -0.220. The maximum Gasteiger partial charge on any atom is 0.156 e. The van der Waals surface area contributed by atoms with Crippen LogP contribution in [0.25, 0.3) is 0 Å². The number of hydrogen-bond acceptors (Lipinski definition) is 4. The second-order valence-electron chi connectivity index (χ2n) is 5.76. The van der Waals surface area contributed by atoms with Crippen molar-refractivity contribution >= 4 is 16.9 Å². The molecule has 18 heavy (non-hydrogen) atoms. The van der Waals surface area contributed by atoms with Gasteiger partial charge in [0.15, 0.2) is 5.17 Å². The van der Waals surface area contributed by atoms with Crippen LogP contribution in [-0.4, -0.2) is 48.5 Å². The number of nitrogens with zero attached hydrogens (tertiary/aromatic N) is 2. The summed E-state index contributed by atoms with van der Waals surface area (Å²) < 4.78 is 0. The molecule has 0 radical (unpaired) electrons. The SMILES string of the molecule is CCC1(CC)CN=C(NCCN(C)C2CC2)SC1. The first-order chi connectivity index (χ1) is 8.69. The molecule has 0 spiro atoms. The largest absolute Gasteiger partial charge is 0.364 e. The van der Waals surface area contributed by atoms with E-state index in [0.29, 0.717) is 5.41 Å². The van der Waals surface area contributed by atoms with E-state index in [-0.39, 0.29) is 0 Å². The maximum absolute atomic E-state index is 4.73. The molecular weight excluding hydrogens is 242 g/mol. The van der Waals surface area contributed by atoms with Gasteiger partial charge in [0.05, 0.1) is 0 Å². The van der Waals surface area contributed by atoms with Gasteiger partial charge in [0.2, 0.25) is 0 Å². The van der Waals surface area contributed by atoms with Gasteiger partial charge in [-0.15, -0.1) is 0 Å². The van der Waals surface area contributed by atoms with Gasteiger partial charge in [0.25, 0.3) is 0 Å². The minimum absolute atomic E-state index is 0.459. The summed E-state index contributed by atoms with van der Waals surface area (Å²) in [6.07, 6.45) is 5.28. The van der Waals surface area contributed by atoms with E-state index in [2.05, 4.69) is 31.1 Å². The van der Waals surface area contributed by atoms with Crippen LogP contribution in [0.4, 0.5) is 0 Å². The van der Waals surface area contributed by atoms with E-state index in [1.54, 1.807) is 0 Å². The Kier molecular flexibility index (Phi) is 4.96. The average Bonchev–Trinajstić information content (AvgIpc) is 3.24. The summed E-state index contributed by atoms with van der Waals surface area (Å²) in [5, 5.41) is 4.66. The highest BCUT2D eigenvalue weighted by atomic mass is 32.2. The summed E-state index contributed by atoms with van der Waals surface area (Å²) in [5.74, 6) is 1.23. The van der Waals surface area contributed by atoms with Crippen LogP contribution in [0.3, 0.4) is 0 Å². The standard InChI is InChI=1S/C14H27N3S/c1-4-14(5-2)10-16-13(18-11-14)15-8-9-17(3)12-6-7-12/h12H,4-11H2,1-3H3,(H,15,16). The number of nitrogens with one attached hydrogen (secondary N) is 1. The van der Waals surface area contributed by atoms with Crippen molar-refractivity contribution in [2.45, 2.75) is 45.6 Å². The van der Waals surface area contributed by atoms with Crippen LogP contribution in [0, 0.1) is 5.41 Å². The van der Waals surface area contributed by atoms with E-state index in [0.717, 1.165) is 30.8 Å². The molecule has 1 saturated carbocycles. The van der Waals surface area contributed by atoms with Gasteiger partial charge in [-0.3, -0.25) is 4.99 Å². The summed E-state index contributed by atoms with van der Waals surface area (Å²) in [7, 11) is 2.23. The van der Waals surface area contributed by atoms with Gasteiger partial charge >= 0.3 is 0 Å². The minimum atomic E-state index is 0.459. The van der Waals surface area contributed by atoms with Crippen LogP contribution >= 0.6 is 11.8 Å². The Morgan fingerprint density at radius 2 is 2.11 bits per heavy atom. The molecule has 3 nitrogen and oxygen atoms in total. The molecule has 0 aromatic carbocycles. The lowest BCUT2D eigenvalue weighted by Crippen LogP contribution is -2.37. The lowest BCUT2D eigenvalue weighted by molar-refractivity contribution is 0.316. The van der Waals surface area contributed by atoms with E-state index < -0.39 is 0 Å². The molecule has 4 heteroatoms. The molecule has 0 aromatic rings. The Morgan fingerprint density at radius 1 is 1.39 bits per heavy atom. The molecule has 0 bridgehead atoms. The molecular formula is C14H27N3S. The van der Waals surface area contributed by atoms with Gasteiger partial charge in [-0.05, 0) is 38.1 Å². The lowest BCUT2D eigenvalue weighted by atomic mass is 9.84. The first-order valence-corrected chi connectivity index (χ1v) is 8.29. The monoisotopic (exact) mass is 269 g/mol. The van der Waals surface area contributed by atoms with Crippen LogP contribution in [-0.2, 0) is 0 Å². The zero-order valence-electron chi connectivity index (χ0n) is 12.0. The Labute approximate surface area is 116 Å². The topological polar surface area (TPSA) is 27.6 Å². The molecule has 0 saturated heterocycles. The highest BCUT2D eigenvalue weighted by molar-refractivity contribution is 8.13. The van der Waals surface area contributed by atoms with E-state index in [1.807, 2.05) is 11.8 Å². The van der Waals surface area contributed by atoms with Crippen molar-refractivity contribution in [3.63, 3.8) is 0 Å². The first-order valence-electron chi connectivity index (χ1n) is 7.30. The van der Waals surface area contributed by atoms with Crippen LogP contribution in [0.15, 0.2) is 4.99 Å². The predicted molar refractivity (Wildman–Crippen MR) is 81.4 cm³/mol. The van der Waals surface area contributed by atoms with E-state index in [9.17, 15) is 0 Å². The fourth-order valence-electron chi connectivity index (χ4n) is 2.37. The second-order valence-corrected chi connectivity index (χ2v) is 6.72. The van der Waals surface area contributed by atoms with Crippen LogP contribution < -0.4 is 5.32 Å². The smallest absolute Gasteiger partial charge is 0.156 e. The fraction of sp³-hybridized carbons (Fsp3) is 0.929. The number of hydrogen-bond donors (Lipinski definition) is 1. The summed E-state index contributed by atoms with van der Waals surface area (Å²) in [5.41, 5.74) is 0.459. The minimum Gasteiger partial charge on any atom is -0.364 e. The Morgan fingerprint density at radius 3 is 2.61 bits per heavy atom. The number of amidine groups is 1. The van der Waals surface area contributed by atoms with Crippen LogP contribution in [0.1, 0.15) is 39.5 Å². The molecule has 1 aliphatic carbocycles. The van der Waals surface area contributed by atoms with E-state index in [1.165, 1.54) is 31.4 Å². The number of likely N-dealkylation sites (N-methyl/N-ethyl adjacent to an activating group) is 1. The van der Waals surface area contributed by atoms with Crippen molar-refractivity contribution in [1.29, 1.82) is 0 Å². The molecule has 0 atom stereocenters. The highest BCUT2D eigenvalue weighted by Crippen LogP contribution is 2.34. The predicted octanol–water partition coefficient (Wildman–Crippen LogP) is 2.58. The van der Waals surface area contributed by atoms with Gasteiger partial charge in [-0.25, -0.2) is 0 Å². The van der Waals surface area contributed by atoms with Crippen molar-refractivity contribution in [1.82, 2.24) is 10.2 Å². The Bertz CT molecular complexity index is 295. The summed E-state index contributed by atoms with van der Waals surface area (Å²) in [6, 6.07) is 0.862. The summed E-state index contributed by atoms with van der Waals surface area (Å²) in [4.78, 5) is 7.19. The second kappa shape index (κ2) is 6.29. The van der Waals surface area contributed by atoms with Crippen molar-refractivity contribution in [2.24, 2.45) is 10.4 Å². The van der Waals surface area contributed by atoms with Gasteiger partial charge in [0, 0.05) is 31.4 Å². The van der Waals surface area contributed by atoms with Crippen LogP contribution in [0.2, 0.25) is 0 Å². The lowest BCUT2D eigenvalue weighted by Gasteiger charge is -2.33. The third-order valence-electron chi connectivity index (χ3n) is 4.48. The summed E-state index contributed by atoms with van der Waals surface area (Å²) >= 11 is 1.92. The van der Waals surface area contributed by atoms with Gasteiger partial charge in [-0.2, -0.15) is 0 Å². The van der Waals surface area contributed by atoms with E-state index in [4.69, 9.17) is 4.99 Å². The maximum atomic E-state index is 4.73. The molecule has 1 N–H and O–H groups in total. The zero-order valence-corrected chi connectivity index (χ0v) is 12.9. The average molecular weight is 269 g/mol. The summed E-state index contributed by atoms with van der Waals surface area (Å²) in [6.45, 7) is 7.76. The molecule has 1 fully saturated rings. The van der Waals surface area contributed by atoms with Crippen LogP contribution in [0.5, 0.6) is 0 Å². The molecule has 1 heterocycles. The molecule has 0 amide bonds. The number of aliphatic imine (C=N–C) groups is 1. The van der Waals surface area contributed by atoms with Crippen molar-refractivity contribution in [2.75, 3.05) is 32.4 Å². The normalized spacial score (nSPS) is 23.0. The third-order valence-corrected chi connectivity index (χ3v) is 5.79. The molecule has 2 rings (SSSR count). The van der Waals surface area contributed by atoms with Gasteiger partial charge in [-0.1, -0.05) is 25.6 Å². The molecule has 0 unspecified atom stereocenters. The fourth-order valence-corrected chi connectivity index (χ4v) is 3.68. The number of rotatable bonds is 6. The molecule has 0 aromatic heterocycles. The third kappa shape index (κ3) is 3.64. The van der Waals surface area contributed by atoms with Crippen molar-refractivity contribution < 1.29 is 0 Å². The number of thioether (sulfide) groups is 1. The van der Waals surface area contributed by atoms with Gasteiger partial charge < -0.3 is 10.2 Å². The van der Waals surface area contributed by atoms with Crippen molar-refractivity contribution in [3.05, 3.63) is 0 Å². The van der Waals surface area contributed by atoms with Crippen molar-refractivity contribution in [3.8, 4) is 0 Å². The van der Waals surface area contributed by atoms with Gasteiger partial charge in [0.1, 0.15) is 0 Å². The first kappa shape index (κ1) is 14.2. The zero-order chi connectivity index (χ0) is 13.0. The quantitative estimate of drug-likeness (QED) is 0.803. The Balaban J connectivity index is 1.69. The van der Waals surface area contributed by atoms with E-state index >= 15 is 0 Å². The molecule has 2 aliphatic rings.